The van der Waals surface area contributed by atoms with Crippen molar-refractivity contribution in [2.45, 2.75) is 45.2 Å². The van der Waals surface area contributed by atoms with Gasteiger partial charge in [-0.2, -0.15) is 0 Å². The van der Waals surface area contributed by atoms with E-state index in [0.29, 0.717) is 12.8 Å². The van der Waals surface area contributed by atoms with Crippen LogP contribution in [0.25, 0.3) is 0 Å². The van der Waals surface area contributed by atoms with Crippen molar-refractivity contribution in [3.63, 3.8) is 0 Å². The van der Waals surface area contributed by atoms with Crippen LogP contribution < -0.4 is 5.32 Å². The summed E-state index contributed by atoms with van der Waals surface area (Å²) in [5.74, 6) is -0.663. The Balaban J connectivity index is 1.84. The SMILES string of the molecule is CCc1ccc(CCC(=O)N(Cc2ccc(F)cc2)[C@H](Cc2ccccc2)C(=O)NC)cc1. The first-order valence-electron chi connectivity index (χ1n) is 11.4. The smallest absolute Gasteiger partial charge is 0.242 e. The van der Waals surface area contributed by atoms with Crippen molar-refractivity contribution in [3.05, 3.63) is 107 Å². The van der Waals surface area contributed by atoms with Crippen molar-refractivity contribution in [1.29, 1.82) is 0 Å². The van der Waals surface area contributed by atoms with Crippen LogP contribution >= 0.6 is 0 Å². The Hall–Kier alpha value is -3.47. The number of carbonyl (C=O) groups is 2. The monoisotopic (exact) mass is 446 g/mol. The fourth-order valence-corrected chi connectivity index (χ4v) is 3.84. The van der Waals surface area contributed by atoms with E-state index in [2.05, 4.69) is 36.5 Å². The highest BCUT2D eigenvalue weighted by atomic mass is 19.1. The summed E-state index contributed by atoms with van der Waals surface area (Å²) < 4.78 is 13.4. The first kappa shape index (κ1) is 24.2. The first-order valence-corrected chi connectivity index (χ1v) is 11.4. The number of hydrogen-bond acceptors (Lipinski definition) is 2. The minimum Gasteiger partial charge on any atom is -0.357 e. The predicted octanol–water partition coefficient (Wildman–Crippen LogP) is 4.71. The van der Waals surface area contributed by atoms with Gasteiger partial charge in [-0.1, -0.05) is 73.7 Å². The predicted molar refractivity (Wildman–Crippen MR) is 129 cm³/mol. The molecule has 0 radical (unpaired) electrons. The molecule has 3 aromatic rings. The van der Waals surface area contributed by atoms with E-state index in [-0.39, 0.29) is 30.6 Å². The molecule has 0 aliphatic rings. The zero-order valence-corrected chi connectivity index (χ0v) is 19.3. The van der Waals surface area contributed by atoms with E-state index in [4.69, 9.17) is 0 Å². The molecule has 0 aliphatic heterocycles. The summed E-state index contributed by atoms with van der Waals surface area (Å²) in [4.78, 5) is 27.9. The number of carbonyl (C=O) groups excluding carboxylic acids is 2. The van der Waals surface area contributed by atoms with Crippen molar-refractivity contribution in [3.8, 4) is 0 Å². The molecule has 0 heterocycles. The molecule has 3 rings (SSSR count). The first-order chi connectivity index (χ1) is 16.0. The maximum absolute atomic E-state index is 13.4. The van der Waals surface area contributed by atoms with Gasteiger partial charge in [-0.05, 0) is 47.2 Å². The van der Waals surface area contributed by atoms with Crippen LogP contribution in [-0.2, 0) is 35.4 Å². The van der Waals surface area contributed by atoms with Crippen LogP contribution in [0.15, 0.2) is 78.9 Å². The third kappa shape index (κ3) is 7.01. The molecule has 0 fully saturated rings. The third-order valence-electron chi connectivity index (χ3n) is 5.84. The number of amides is 2. The lowest BCUT2D eigenvalue weighted by Gasteiger charge is -2.31. The van der Waals surface area contributed by atoms with Crippen LogP contribution in [0.3, 0.4) is 0 Å². The Kier molecular flexibility index (Phi) is 8.76. The molecule has 0 spiro atoms. The summed E-state index contributed by atoms with van der Waals surface area (Å²) in [6, 6.07) is 23.3. The summed E-state index contributed by atoms with van der Waals surface area (Å²) in [5, 5.41) is 2.71. The van der Waals surface area contributed by atoms with Gasteiger partial charge in [-0.25, -0.2) is 4.39 Å². The molecule has 33 heavy (non-hydrogen) atoms. The average Bonchev–Trinajstić information content (AvgIpc) is 2.86. The van der Waals surface area contributed by atoms with Crippen molar-refractivity contribution in [1.82, 2.24) is 10.2 Å². The summed E-state index contributed by atoms with van der Waals surface area (Å²) >= 11 is 0. The molecule has 0 aliphatic carbocycles. The molecule has 0 bridgehead atoms. The van der Waals surface area contributed by atoms with Crippen molar-refractivity contribution >= 4 is 11.8 Å². The van der Waals surface area contributed by atoms with Crippen molar-refractivity contribution < 1.29 is 14.0 Å². The van der Waals surface area contributed by atoms with Crippen molar-refractivity contribution in [2.75, 3.05) is 7.05 Å². The quantitative estimate of drug-likeness (QED) is 0.491. The van der Waals surface area contributed by atoms with Crippen LogP contribution in [0.2, 0.25) is 0 Å². The van der Waals surface area contributed by atoms with Gasteiger partial charge in [0.25, 0.3) is 0 Å². The summed E-state index contributed by atoms with van der Waals surface area (Å²) in [5.41, 5.74) is 4.09. The lowest BCUT2D eigenvalue weighted by Crippen LogP contribution is -2.49. The second-order valence-corrected chi connectivity index (χ2v) is 8.14. The molecule has 4 nitrogen and oxygen atoms in total. The molecule has 0 unspecified atom stereocenters. The highest BCUT2D eigenvalue weighted by Crippen LogP contribution is 2.17. The van der Waals surface area contributed by atoms with E-state index in [0.717, 1.165) is 23.1 Å². The van der Waals surface area contributed by atoms with Gasteiger partial charge in [-0.15, -0.1) is 0 Å². The van der Waals surface area contributed by atoms with E-state index in [1.165, 1.54) is 17.7 Å². The average molecular weight is 447 g/mol. The highest BCUT2D eigenvalue weighted by molar-refractivity contribution is 5.88. The Morgan fingerprint density at radius 2 is 1.45 bits per heavy atom. The lowest BCUT2D eigenvalue weighted by molar-refractivity contribution is -0.141. The number of halogens is 1. The topological polar surface area (TPSA) is 49.4 Å². The lowest BCUT2D eigenvalue weighted by atomic mass is 10.0. The van der Waals surface area contributed by atoms with Crippen LogP contribution in [0.4, 0.5) is 4.39 Å². The van der Waals surface area contributed by atoms with E-state index in [1.807, 2.05) is 30.3 Å². The second-order valence-electron chi connectivity index (χ2n) is 8.14. The number of hydrogen-bond donors (Lipinski definition) is 1. The molecule has 2 amide bonds. The molecule has 0 saturated carbocycles. The number of benzene rings is 3. The molecule has 1 atom stereocenters. The molecule has 5 heteroatoms. The van der Waals surface area contributed by atoms with E-state index in [1.54, 1.807) is 24.1 Å². The standard InChI is InChI=1S/C28H31FN2O2/c1-3-21-9-11-22(12-10-21)15-18-27(32)31(20-24-13-16-25(29)17-14-24)26(28(33)30-2)19-23-7-5-4-6-8-23/h4-14,16-17,26H,3,15,18-20H2,1-2H3,(H,30,33)/t26-/m1/s1. The second kappa shape index (κ2) is 12.0. The van der Waals surface area contributed by atoms with Gasteiger partial charge in [0.15, 0.2) is 0 Å². The number of nitrogens with one attached hydrogen (secondary N) is 1. The maximum Gasteiger partial charge on any atom is 0.242 e. The summed E-state index contributed by atoms with van der Waals surface area (Å²) in [6.07, 6.45) is 2.25. The Morgan fingerprint density at radius 1 is 0.848 bits per heavy atom. The molecular weight excluding hydrogens is 415 g/mol. The van der Waals surface area contributed by atoms with Crippen LogP contribution in [0.5, 0.6) is 0 Å². The Morgan fingerprint density at radius 3 is 2.06 bits per heavy atom. The van der Waals surface area contributed by atoms with Gasteiger partial charge in [-0.3, -0.25) is 9.59 Å². The molecule has 3 aromatic carbocycles. The van der Waals surface area contributed by atoms with E-state index >= 15 is 0 Å². The van der Waals surface area contributed by atoms with E-state index in [9.17, 15) is 14.0 Å². The normalized spacial score (nSPS) is 11.6. The summed E-state index contributed by atoms with van der Waals surface area (Å²) in [6.45, 7) is 2.34. The molecule has 1 N–H and O–H groups in total. The van der Waals surface area contributed by atoms with Crippen LogP contribution in [0, 0.1) is 5.82 Å². The molecular formula is C28H31FN2O2. The fourth-order valence-electron chi connectivity index (χ4n) is 3.84. The van der Waals surface area contributed by atoms with Gasteiger partial charge in [0, 0.05) is 26.4 Å². The van der Waals surface area contributed by atoms with Gasteiger partial charge in [0.2, 0.25) is 11.8 Å². The number of nitrogens with zero attached hydrogens (tertiary/aromatic N) is 1. The zero-order chi connectivity index (χ0) is 23.6. The highest BCUT2D eigenvalue weighted by Gasteiger charge is 2.29. The number of likely N-dealkylation sites (N-methyl/N-ethyl adjacent to an activating group) is 1. The van der Waals surface area contributed by atoms with Gasteiger partial charge in [0.1, 0.15) is 11.9 Å². The van der Waals surface area contributed by atoms with Gasteiger partial charge < -0.3 is 10.2 Å². The third-order valence-corrected chi connectivity index (χ3v) is 5.84. The minimum absolute atomic E-state index is 0.108. The molecule has 0 saturated heterocycles. The Bertz CT molecular complexity index is 1030. The largest absolute Gasteiger partial charge is 0.357 e. The van der Waals surface area contributed by atoms with Gasteiger partial charge >= 0.3 is 0 Å². The van der Waals surface area contributed by atoms with E-state index < -0.39 is 6.04 Å². The maximum atomic E-state index is 13.4. The minimum atomic E-state index is -0.669. The Labute approximate surface area is 195 Å². The zero-order valence-electron chi connectivity index (χ0n) is 19.3. The van der Waals surface area contributed by atoms with Crippen molar-refractivity contribution in [2.24, 2.45) is 0 Å². The number of aryl methyl sites for hydroxylation is 2. The molecule has 0 aromatic heterocycles. The van der Waals surface area contributed by atoms with Crippen LogP contribution in [-0.4, -0.2) is 29.8 Å². The van der Waals surface area contributed by atoms with Gasteiger partial charge in [0.05, 0.1) is 0 Å². The van der Waals surface area contributed by atoms with Crippen LogP contribution in [0.1, 0.15) is 35.6 Å². The molecule has 172 valence electrons. The summed E-state index contributed by atoms with van der Waals surface area (Å²) in [7, 11) is 1.58. The number of rotatable bonds is 10. The fraction of sp³-hybridized carbons (Fsp3) is 0.286.